The van der Waals surface area contributed by atoms with E-state index in [0.717, 1.165) is 18.2 Å². The van der Waals surface area contributed by atoms with Crippen molar-refractivity contribution in [3.8, 4) is 0 Å². The van der Waals surface area contributed by atoms with Gasteiger partial charge in [0.05, 0.1) is 0 Å². The molecule has 1 aromatic heterocycles. The summed E-state index contributed by atoms with van der Waals surface area (Å²) in [5, 5.41) is 6.38. The topological polar surface area (TPSA) is 59.1 Å². The van der Waals surface area contributed by atoms with Gasteiger partial charge in [0.1, 0.15) is 18.2 Å². The van der Waals surface area contributed by atoms with Gasteiger partial charge in [-0.05, 0) is 19.4 Å². The van der Waals surface area contributed by atoms with Crippen LogP contribution in [0, 0.1) is 6.92 Å². The molecule has 2 rings (SSSR count). The third-order valence-electron chi connectivity index (χ3n) is 3.02. The Morgan fingerprint density at radius 1 is 1.14 bits per heavy atom. The van der Waals surface area contributed by atoms with Crippen LogP contribution < -0.4 is 10.6 Å². The number of ether oxygens (including phenoxy) is 1. The fourth-order valence-corrected chi connectivity index (χ4v) is 1.99. The number of aryl methyl sites for hydroxylation is 1. The lowest BCUT2D eigenvalue weighted by molar-refractivity contribution is 0.128. The van der Waals surface area contributed by atoms with Gasteiger partial charge in [0.2, 0.25) is 0 Å². The summed E-state index contributed by atoms with van der Waals surface area (Å²) in [4.78, 5) is 8.84. The summed E-state index contributed by atoms with van der Waals surface area (Å²) >= 11 is 0. The maximum absolute atomic E-state index is 5.37. The molecule has 21 heavy (non-hydrogen) atoms. The highest BCUT2D eigenvalue weighted by Gasteiger charge is 2.04. The summed E-state index contributed by atoms with van der Waals surface area (Å²) < 4.78 is 5.37. The van der Waals surface area contributed by atoms with Crippen LogP contribution in [0.1, 0.15) is 23.9 Å². The minimum absolute atomic E-state index is 0.422. The van der Waals surface area contributed by atoms with Crippen LogP contribution in [0.15, 0.2) is 30.3 Å². The summed E-state index contributed by atoms with van der Waals surface area (Å²) in [6.07, 6.45) is 0. The second-order valence-electron chi connectivity index (χ2n) is 4.78. The molecule has 0 saturated carbocycles. The smallest absolute Gasteiger partial charge is 0.158 e. The van der Waals surface area contributed by atoms with Crippen LogP contribution in [0.5, 0.6) is 0 Å². The van der Waals surface area contributed by atoms with Crippen molar-refractivity contribution in [2.75, 3.05) is 24.3 Å². The lowest BCUT2D eigenvalue weighted by atomic mass is 10.1. The second kappa shape index (κ2) is 7.59. The van der Waals surface area contributed by atoms with Crippen molar-refractivity contribution in [1.29, 1.82) is 0 Å². The van der Waals surface area contributed by atoms with Crippen molar-refractivity contribution in [2.45, 2.75) is 27.0 Å². The Morgan fingerprint density at radius 2 is 1.95 bits per heavy atom. The Bertz CT molecular complexity index is 586. The fourth-order valence-electron chi connectivity index (χ4n) is 1.99. The van der Waals surface area contributed by atoms with E-state index in [4.69, 9.17) is 4.74 Å². The van der Waals surface area contributed by atoms with Gasteiger partial charge in [0.25, 0.3) is 0 Å². The summed E-state index contributed by atoms with van der Waals surface area (Å²) in [6.45, 7) is 5.85. The quantitative estimate of drug-likeness (QED) is 0.819. The number of aromatic nitrogens is 2. The molecule has 112 valence electrons. The molecule has 0 radical (unpaired) electrons. The van der Waals surface area contributed by atoms with Crippen molar-refractivity contribution in [3.05, 3.63) is 47.3 Å². The number of nitrogens with zero attached hydrogens (tertiary/aromatic N) is 2. The molecule has 0 aliphatic heterocycles. The van der Waals surface area contributed by atoms with Gasteiger partial charge >= 0.3 is 0 Å². The standard InChI is InChI=1S/C16H22N4O/c1-4-21-11-16-19-14(17-3)9-15(20-16)18-10-13-7-5-6-12(2)8-13/h5-9H,4,10-11H2,1-3H3,(H2,17,18,19,20). The minimum atomic E-state index is 0.422. The van der Waals surface area contributed by atoms with Crippen LogP contribution in [0.4, 0.5) is 11.6 Å². The molecule has 5 nitrogen and oxygen atoms in total. The Balaban J connectivity index is 2.07. The van der Waals surface area contributed by atoms with Gasteiger partial charge in [0, 0.05) is 26.3 Å². The Labute approximate surface area is 125 Å². The largest absolute Gasteiger partial charge is 0.374 e. The van der Waals surface area contributed by atoms with Gasteiger partial charge in [0.15, 0.2) is 5.82 Å². The second-order valence-corrected chi connectivity index (χ2v) is 4.78. The van der Waals surface area contributed by atoms with Crippen LogP contribution in [0.3, 0.4) is 0 Å². The normalized spacial score (nSPS) is 10.4. The van der Waals surface area contributed by atoms with Gasteiger partial charge in [-0.3, -0.25) is 0 Å². The highest BCUT2D eigenvalue weighted by Crippen LogP contribution is 2.13. The van der Waals surface area contributed by atoms with Crippen LogP contribution in [0.25, 0.3) is 0 Å². The molecule has 0 aliphatic rings. The Morgan fingerprint density at radius 3 is 2.67 bits per heavy atom. The van der Waals surface area contributed by atoms with Crippen molar-refractivity contribution in [1.82, 2.24) is 9.97 Å². The number of anilines is 2. The predicted molar refractivity (Wildman–Crippen MR) is 85.4 cm³/mol. The summed E-state index contributed by atoms with van der Waals surface area (Å²) in [7, 11) is 1.84. The molecule has 1 aromatic carbocycles. The monoisotopic (exact) mass is 286 g/mol. The van der Waals surface area contributed by atoms with E-state index in [9.17, 15) is 0 Å². The average Bonchev–Trinajstić information content (AvgIpc) is 2.51. The Hall–Kier alpha value is -2.14. The van der Waals surface area contributed by atoms with Crippen molar-refractivity contribution in [3.63, 3.8) is 0 Å². The zero-order valence-electron chi connectivity index (χ0n) is 12.8. The summed E-state index contributed by atoms with van der Waals surface area (Å²) in [5.41, 5.74) is 2.48. The van der Waals surface area contributed by atoms with Gasteiger partial charge in [-0.1, -0.05) is 29.8 Å². The van der Waals surface area contributed by atoms with Crippen LogP contribution in [-0.2, 0) is 17.9 Å². The predicted octanol–water partition coefficient (Wildman–Crippen LogP) is 2.98. The third-order valence-corrected chi connectivity index (χ3v) is 3.02. The van der Waals surface area contributed by atoms with Crippen LogP contribution in [0.2, 0.25) is 0 Å². The Kier molecular flexibility index (Phi) is 5.51. The van der Waals surface area contributed by atoms with E-state index in [1.54, 1.807) is 0 Å². The highest BCUT2D eigenvalue weighted by atomic mass is 16.5. The number of nitrogens with one attached hydrogen (secondary N) is 2. The average molecular weight is 286 g/mol. The van der Waals surface area contributed by atoms with E-state index in [2.05, 4.69) is 51.8 Å². The van der Waals surface area contributed by atoms with Crippen molar-refractivity contribution in [2.24, 2.45) is 0 Å². The molecular formula is C16H22N4O. The molecule has 2 N–H and O–H groups in total. The first-order valence-electron chi connectivity index (χ1n) is 7.14. The first-order valence-corrected chi connectivity index (χ1v) is 7.14. The van der Waals surface area contributed by atoms with Gasteiger partial charge < -0.3 is 15.4 Å². The van der Waals surface area contributed by atoms with E-state index >= 15 is 0 Å². The van der Waals surface area contributed by atoms with E-state index in [1.165, 1.54) is 11.1 Å². The van der Waals surface area contributed by atoms with E-state index in [0.29, 0.717) is 19.0 Å². The number of hydrogen-bond acceptors (Lipinski definition) is 5. The zero-order chi connectivity index (χ0) is 15.1. The third kappa shape index (κ3) is 4.72. The molecule has 2 aromatic rings. The number of hydrogen-bond donors (Lipinski definition) is 2. The van der Waals surface area contributed by atoms with Gasteiger partial charge in [-0.25, -0.2) is 9.97 Å². The van der Waals surface area contributed by atoms with E-state index in [1.807, 2.05) is 20.0 Å². The number of benzene rings is 1. The van der Waals surface area contributed by atoms with Crippen LogP contribution in [-0.4, -0.2) is 23.6 Å². The highest BCUT2D eigenvalue weighted by molar-refractivity contribution is 5.47. The molecular weight excluding hydrogens is 264 g/mol. The number of rotatable bonds is 7. The molecule has 0 saturated heterocycles. The zero-order valence-corrected chi connectivity index (χ0v) is 12.8. The maximum atomic E-state index is 5.37. The first kappa shape index (κ1) is 15.3. The lowest BCUT2D eigenvalue weighted by Crippen LogP contribution is -2.08. The van der Waals surface area contributed by atoms with E-state index in [-0.39, 0.29) is 0 Å². The van der Waals surface area contributed by atoms with Crippen molar-refractivity contribution >= 4 is 11.6 Å². The molecule has 1 heterocycles. The van der Waals surface area contributed by atoms with Gasteiger partial charge in [-0.2, -0.15) is 0 Å². The SMILES string of the molecule is CCOCc1nc(NC)cc(NCc2cccc(C)c2)n1. The van der Waals surface area contributed by atoms with Crippen LogP contribution >= 0.6 is 0 Å². The fraction of sp³-hybridized carbons (Fsp3) is 0.375. The summed E-state index contributed by atoms with van der Waals surface area (Å²) in [5.74, 6) is 2.26. The molecule has 0 spiro atoms. The molecule has 5 heteroatoms. The van der Waals surface area contributed by atoms with Gasteiger partial charge in [-0.15, -0.1) is 0 Å². The molecule has 0 fully saturated rings. The van der Waals surface area contributed by atoms with E-state index < -0.39 is 0 Å². The lowest BCUT2D eigenvalue weighted by Gasteiger charge is -2.10. The minimum Gasteiger partial charge on any atom is -0.374 e. The molecule has 0 bridgehead atoms. The molecule has 0 aliphatic carbocycles. The maximum Gasteiger partial charge on any atom is 0.158 e. The van der Waals surface area contributed by atoms with Crippen molar-refractivity contribution < 1.29 is 4.74 Å². The summed E-state index contributed by atoms with van der Waals surface area (Å²) in [6, 6.07) is 10.3. The first-order chi connectivity index (χ1) is 10.2. The molecule has 0 atom stereocenters. The molecule has 0 amide bonds. The molecule has 0 unspecified atom stereocenters.